The van der Waals surface area contributed by atoms with Gasteiger partial charge in [-0.3, -0.25) is 0 Å². The van der Waals surface area contributed by atoms with Crippen molar-refractivity contribution in [3.63, 3.8) is 0 Å². The van der Waals surface area contributed by atoms with Gasteiger partial charge in [0.05, 0.1) is 0 Å². The van der Waals surface area contributed by atoms with E-state index in [0.29, 0.717) is 0 Å². The molecule has 100 valence electrons. The molecule has 0 aliphatic carbocycles. The molecule has 0 radical (unpaired) electrons. The van der Waals surface area contributed by atoms with Gasteiger partial charge in [-0.1, -0.05) is 48.0 Å². The number of benzene rings is 2. The van der Waals surface area contributed by atoms with E-state index in [1.807, 2.05) is 11.8 Å². The van der Waals surface area contributed by atoms with Crippen LogP contribution in [0.5, 0.6) is 0 Å². The molecule has 0 bridgehead atoms. The van der Waals surface area contributed by atoms with Gasteiger partial charge in [0.15, 0.2) is 0 Å². The number of hydrogen-bond donors (Lipinski definition) is 0. The number of rotatable bonds is 6. The third-order valence-electron chi connectivity index (χ3n) is 3.06. The minimum atomic E-state index is 1.02. The second-order valence-corrected chi connectivity index (χ2v) is 6.05. The van der Waals surface area contributed by atoms with Crippen LogP contribution < -0.4 is 0 Å². The minimum absolute atomic E-state index is 1.02. The molecule has 0 fully saturated rings. The molecule has 0 aliphatic heterocycles. The largest absolute Gasteiger partial charge is 0.301 e. The van der Waals surface area contributed by atoms with Crippen LogP contribution in [0.3, 0.4) is 0 Å². The molecular weight excluding hydrogens is 250 g/mol. The number of thioether (sulfide) groups is 1. The summed E-state index contributed by atoms with van der Waals surface area (Å²) in [5.74, 6) is 1.13. The maximum atomic E-state index is 2.38. The fourth-order valence-electron chi connectivity index (χ4n) is 1.92. The van der Waals surface area contributed by atoms with E-state index in [9.17, 15) is 0 Å². The van der Waals surface area contributed by atoms with Crippen molar-refractivity contribution in [1.29, 1.82) is 0 Å². The highest BCUT2D eigenvalue weighted by Crippen LogP contribution is 2.17. The van der Waals surface area contributed by atoms with E-state index in [0.717, 1.165) is 18.8 Å². The molecule has 2 aromatic carbocycles. The molecule has 0 aromatic heterocycles. The molecule has 0 saturated carbocycles. The van der Waals surface area contributed by atoms with E-state index < -0.39 is 0 Å². The summed E-state index contributed by atoms with van der Waals surface area (Å²) < 4.78 is 0. The summed E-state index contributed by atoms with van der Waals surface area (Å²) in [5.41, 5.74) is 2.71. The fourth-order valence-corrected chi connectivity index (χ4v) is 2.91. The van der Waals surface area contributed by atoms with E-state index in [1.54, 1.807) is 0 Å². The molecule has 2 heteroatoms. The number of nitrogens with zero attached hydrogens (tertiary/aromatic N) is 1. The highest BCUT2D eigenvalue weighted by molar-refractivity contribution is 7.99. The van der Waals surface area contributed by atoms with Gasteiger partial charge in [0.2, 0.25) is 0 Å². The fraction of sp³-hybridized carbons (Fsp3) is 0.294. The van der Waals surface area contributed by atoms with Crippen LogP contribution in [0.1, 0.15) is 11.1 Å². The summed E-state index contributed by atoms with van der Waals surface area (Å²) >= 11 is 1.92. The highest BCUT2D eigenvalue weighted by Gasteiger charge is 2.01. The highest BCUT2D eigenvalue weighted by atomic mass is 32.2. The summed E-state index contributed by atoms with van der Waals surface area (Å²) in [6, 6.07) is 19.4. The summed E-state index contributed by atoms with van der Waals surface area (Å²) in [6.45, 7) is 4.26. The Morgan fingerprint density at radius 3 is 2.32 bits per heavy atom. The normalized spacial score (nSPS) is 10.9. The Morgan fingerprint density at radius 2 is 1.63 bits per heavy atom. The summed E-state index contributed by atoms with van der Waals surface area (Å²) in [5, 5.41) is 0. The van der Waals surface area contributed by atoms with Crippen LogP contribution in [0.25, 0.3) is 0 Å². The van der Waals surface area contributed by atoms with Crippen molar-refractivity contribution in [2.75, 3.05) is 19.3 Å². The number of hydrogen-bond acceptors (Lipinski definition) is 2. The van der Waals surface area contributed by atoms with Gasteiger partial charge in [0, 0.05) is 23.7 Å². The van der Waals surface area contributed by atoms with E-state index in [4.69, 9.17) is 0 Å². The third kappa shape index (κ3) is 5.09. The van der Waals surface area contributed by atoms with E-state index in [2.05, 4.69) is 73.5 Å². The van der Waals surface area contributed by atoms with Crippen LogP contribution in [-0.2, 0) is 6.54 Å². The van der Waals surface area contributed by atoms with Gasteiger partial charge in [-0.15, -0.1) is 11.8 Å². The Morgan fingerprint density at radius 1 is 0.947 bits per heavy atom. The molecule has 2 aromatic rings. The molecule has 0 heterocycles. The molecule has 19 heavy (non-hydrogen) atoms. The Labute approximate surface area is 120 Å². The van der Waals surface area contributed by atoms with Gasteiger partial charge in [-0.2, -0.15) is 0 Å². The lowest BCUT2D eigenvalue weighted by Gasteiger charge is -2.16. The number of aryl methyl sites for hydroxylation is 1. The topological polar surface area (TPSA) is 3.24 Å². The standard InChI is InChI=1S/C17H21NS/c1-15-8-10-16(11-9-15)14-18(2)12-13-19-17-6-4-3-5-7-17/h3-11H,12-14H2,1-2H3. The molecule has 0 N–H and O–H groups in total. The van der Waals surface area contributed by atoms with Gasteiger partial charge < -0.3 is 4.90 Å². The van der Waals surface area contributed by atoms with Crippen molar-refractivity contribution in [3.8, 4) is 0 Å². The molecule has 1 nitrogen and oxygen atoms in total. The lowest BCUT2D eigenvalue weighted by atomic mass is 10.1. The van der Waals surface area contributed by atoms with Crippen LogP contribution in [0.4, 0.5) is 0 Å². The van der Waals surface area contributed by atoms with Crippen LogP contribution in [0.2, 0.25) is 0 Å². The predicted octanol–water partition coefficient (Wildman–Crippen LogP) is 4.22. The molecule has 0 aliphatic rings. The summed E-state index contributed by atoms with van der Waals surface area (Å²) in [4.78, 5) is 3.73. The van der Waals surface area contributed by atoms with E-state index in [1.165, 1.54) is 16.0 Å². The molecule has 2 rings (SSSR count). The Bertz CT molecular complexity index is 478. The average Bonchev–Trinajstić information content (AvgIpc) is 2.43. The zero-order valence-electron chi connectivity index (χ0n) is 11.7. The van der Waals surface area contributed by atoms with Crippen LogP contribution in [-0.4, -0.2) is 24.2 Å². The Balaban J connectivity index is 1.73. The summed E-state index contributed by atoms with van der Waals surface area (Å²) in [7, 11) is 2.19. The van der Waals surface area contributed by atoms with Crippen molar-refractivity contribution in [2.24, 2.45) is 0 Å². The average molecular weight is 271 g/mol. The van der Waals surface area contributed by atoms with Crippen LogP contribution in [0.15, 0.2) is 59.5 Å². The smallest absolute Gasteiger partial charge is 0.0231 e. The summed E-state index contributed by atoms with van der Waals surface area (Å²) in [6.07, 6.45) is 0. The zero-order valence-corrected chi connectivity index (χ0v) is 12.5. The van der Waals surface area contributed by atoms with Gasteiger partial charge in [0.25, 0.3) is 0 Å². The van der Waals surface area contributed by atoms with Gasteiger partial charge in [-0.05, 0) is 31.7 Å². The first-order valence-corrected chi connectivity index (χ1v) is 7.64. The molecular formula is C17H21NS. The molecule has 0 spiro atoms. The lowest BCUT2D eigenvalue weighted by molar-refractivity contribution is 0.348. The SMILES string of the molecule is Cc1ccc(CN(C)CCSc2ccccc2)cc1. The monoisotopic (exact) mass is 271 g/mol. The first kappa shape index (κ1) is 14.2. The van der Waals surface area contributed by atoms with Crippen LogP contribution >= 0.6 is 11.8 Å². The molecule has 0 amide bonds. The van der Waals surface area contributed by atoms with Crippen molar-refractivity contribution < 1.29 is 0 Å². The maximum Gasteiger partial charge on any atom is 0.0231 e. The molecule has 0 saturated heterocycles. The van der Waals surface area contributed by atoms with Crippen molar-refractivity contribution in [3.05, 3.63) is 65.7 Å². The molecule has 0 unspecified atom stereocenters. The molecule has 0 atom stereocenters. The first-order chi connectivity index (χ1) is 9.24. The quantitative estimate of drug-likeness (QED) is 0.724. The Hall–Kier alpha value is -1.25. The predicted molar refractivity (Wildman–Crippen MR) is 84.7 cm³/mol. The van der Waals surface area contributed by atoms with Crippen LogP contribution in [0, 0.1) is 6.92 Å². The van der Waals surface area contributed by atoms with Crippen molar-refractivity contribution in [1.82, 2.24) is 4.90 Å². The van der Waals surface area contributed by atoms with Crippen molar-refractivity contribution >= 4 is 11.8 Å². The zero-order chi connectivity index (χ0) is 13.5. The van der Waals surface area contributed by atoms with Gasteiger partial charge >= 0.3 is 0 Å². The lowest BCUT2D eigenvalue weighted by Crippen LogP contribution is -2.20. The second kappa shape index (κ2) is 7.37. The van der Waals surface area contributed by atoms with Gasteiger partial charge in [0.1, 0.15) is 0 Å². The first-order valence-electron chi connectivity index (χ1n) is 6.66. The third-order valence-corrected chi connectivity index (χ3v) is 4.05. The minimum Gasteiger partial charge on any atom is -0.301 e. The Kier molecular flexibility index (Phi) is 5.49. The van der Waals surface area contributed by atoms with E-state index >= 15 is 0 Å². The van der Waals surface area contributed by atoms with E-state index in [-0.39, 0.29) is 0 Å². The second-order valence-electron chi connectivity index (χ2n) is 4.88. The van der Waals surface area contributed by atoms with Gasteiger partial charge in [-0.25, -0.2) is 0 Å². The maximum absolute atomic E-state index is 2.38. The van der Waals surface area contributed by atoms with Crippen molar-refractivity contribution in [2.45, 2.75) is 18.4 Å².